The third kappa shape index (κ3) is 2.17. The SMILES string of the molecule is NC(=O)C1CCCCN1CCF. The van der Waals surface area contributed by atoms with E-state index in [1.807, 2.05) is 4.90 Å². The molecule has 0 aromatic rings. The van der Waals surface area contributed by atoms with Gasteiger partial charge in [0.2, 0.25) is 5.91 Å². The maximum Gasteiger partial charge on any atom is 0.234 e. The molecule has 1 saturated heterocycles. The molecule has 12 heavy (non-hydrogen) atoms. The van der Waals surface area contributed by atoms with E-state index in [4.69, 9.17) is 5.73 Å². The number of likely N-dealkylation sites (tertiary alicyclic amines) is 1. The number of hydrogen-bond acceptors (Lipinski definition) is 2. The summed E-state index contributed by atoms with van der Waals surface area (Å²) in [6, 6.07) is -0.227. The van der Waals surface area contributed by atoms with Crippen molar-refractivity contribution >= 4 is 5.91 Å². The third-order valence-electron chi connectivity index (χ3n) is 2.31. The van der Waals surface area contributed by atoms with Crippen molar-refractivity contribution in [3.63, 3.8) is 0 Å². The first-order valence-corrected chi connectivity index (χ1v) is 4.35. The number of halogens is 1. The largest absolute Gasteiger partial charge is 0.368 e. The molecule has 1 unspecified atom stereocenters. The standard InChI is InChI=1S/C8H15FN2O/c9-4-6-11-5-2-1-3-7(11)8(10)12/h7H,1-6H2,(H2,10,12). The monoisotopic (exact) mass is 174 g/mol. The van der Waals surface area contributed by atoms with E-state index < -0.39 is 6.67 Å². The van der Waals surface area contributed by atoms with Crippen molar-refractivity contribution in [2.24, 2.45) is 5.73 Å². The van der Waals surface area contributed by atoms with E-state index in [0.29, 0.717) is 6.54 Å². The first-order chi connectivity index (χ1) is 5.75. The van der Waals surface area contributed by atoms with Gasteiger partial charge in [0.05, 0.1) is 6.04 Å². The van der Waals surface area contributed by atoms with Crippen molar-refractivity contribution in [2.75, 3.05) is 19.8 Å². The summed E-state index contributed by atoms with van der Waals surface area (Å²) in [7, 11) is 0. The Labute approximate surface area is 71.7 Å². The van der Waals surface area contributed by atoms with Gasteiger partial charge in [-0.15, -0.1) is 0 Å². The molecule has 3 nitrogen and oxygen atoms in total. The summed E-state index contributed by atoms with van der Waals surface area (Å²) < 4.78 is 12.0. The molecule has 1 aliphatic rings. The van der Waals surface area contributed by atoms with Crippen LogP contribution in [0, 0.1) is 0 Å². The van der Waals surface area contributed by atoms with Gasteiger partial charge in [-0.25, -0.2) is 4.39 Å². The average Bonchev–Trinajstić information content (AvgIpc) is 2.05. The van der Waals surface area contributed by atoms with Crippen LogP contribution in [0.25, 0.3) is 0 Å². The lowest BCUT2D eigenvalue weighted by atomic mass is 10.0. The van der Waals surface area contributed by atoms with E-state index in [1.54, 1.807) is 0 Å². The molecule has 0 spiro atoms. The van der Waals surface area contributed by atoms with E-state index in [2.05, 4.69) is 0 Å². The molecule has 0 bridgehead atoms. The van der Waals surface area contributed by atoms with Crippen LogP contribution < -0.4 is 5.73 Å². The maximum absolute atomic E-state index is 12.0. The Hall–Kier alpha value is -0.640. The highest BCUT2D eigenvalue weighted by Crippen LogP contribution is 2.15. The van der Waals surface area contributed by atoms with Crippen LogP contribution in [-0.4, -0.2) is 36.6 Å². The summed E-state index contributed by atoms with van der Waals surface area (Å²) in [6.45, 7) is 0.745. The first kappa shape index (κ1) is 9.45. The lowest BCUT2D eigenvalue weighted by Gasteiger charge is -2.32. The number of hydrogen-bond donors (Lipinski definition) is 1. The van der Waals surface area contributed by atoms with E-state index in [1.165, 1.54) is 0 Å². The van der Waals surface area contributed by atoms with Gasteiger partial charge in [-0.3, -0.25) is 9.69 Å². The minimum absolute atomic E-state index is 0.227. The Balaban J connectivity index is 2.48. The Bertz CT molecular complexity index is 161. The number of nitrogens with zero attached hydrogens (tertiary/aromatic N) is 1. The lowest BCUT2D eigenvalue weighted by Crippen LogP contribution is -2.48. The van der Waals surface area contributed by atoms with Gasteiger partial charge in [0.25, 0.3) is 0 Å². The van der Waals surface area contributed by atoms with Crippen molar-refractivity contribution in [2.45, 2.75) is 25.3 Å². The summed E-state index contributed by atoms with van der Waals surface area (Å²) >= 11 is 0. The average molecular weight is 174 g/mol. The topological polar surface area (TPSA) is 46.3 Å². The molecule has 1 amide bonds. The van der Waals surface area contributed by atoms with E-state index in [-0.39, 0.29) is 11.9 Å². The van der Waals surface area contributed by atoms with Crippen LogP contribution >= 0.6 is 0 Å². The van der Waals surface area contributed by atoms with Gasteiger partial charge in [-0.05, 0) is 19.4 Å². The number of rotatable bonds is 3. The van der Waals surface area contributed by atoms with Crippen LogP contribution in [0.3, 0.4) is 0 Å². The predicted octanol–water partition coefficient (Wildman–Crippen LogP) is 0.296. The molecule has 1 fully saturated rings. The van der Waals surface area contributed by atoms with Crippen LogP contribution in [0.15, 0.2) is 0 Å². The van der Waals surface area contributed by atoms with E-state index in [9.17, 15) is 9.18 Å². The molecule has 0 radical (unpaired) electrons. The molecule has 70 valence electrons. The van der Waals surface area contributed by atoms with E-state index >= 15 is 0 Å². The zero-order chi connectivity index (χ0) is 8.97. The molecule has 1 aliphatic heterocycles. The second-order valence-electron chi connectivity index (χ2n) is 3.14. The Kier molecular flexibility index (Phi) is 3.47. The molecule has 0 aliphatic carbocycles. The Morgan fingerprint density at radius 3 is 2.92 bits per heavy atom. The molecule has 2 N–H and O–H groups in total. The van der Waals surface area contributed by atoms with Gasteiger partial charge >= 0.3 is 0 Å². The van der Waals surface area contributed by atoms with Crippen molar-refractivity contribution in [3.05, 3.63) is 0 Å². The maximum atomic E-state index is 12.0. The molecule has 0 aromatic carbocycles. The number of piperidine rings is 1. The molecular weight excluding hydrogens is 159 g/mol. The van der Waals surface area contributed by atoms with Gasteiger partial charge in [0.1, 0.15) is 6.67 Å². The number of carbonyl (C=O) groups is 1. The van der Waals surface area contributed by atoms with Crippen LogP contribution in [0.2, 0.25) is 0 Å². The quantitative estimate of drug-likeness (QED) is 0.668. The molecule has 4 heteroatoms. The summed E-state index contributed by atoms with van der Waals surface area (Å²) in [5, 5.41) is 0. The highest BCUT2D eigenvalue weighted by Gasteiger charge is 2.25. The first-order valence-electron chi connectivity index (χ1n) is 4.35. The van der Waals surface area contributed by atoms with Gasteiger partial charge in [0.15, 0.2) is 0 Å². The number of carbonyl (C=O) groups excluding carboxylic acids is 1. The van der Waals surface area contributed by atoms with E-state index in [0.717, 1.165) is 25.8 Å². The molecule has 1 rings (SSSR count). The summed E-state index contributed by atoms with van der Waals surface area (Å²) in [5.41, 5.74) is 5.18. The second kappa shape index (κ2) is 4.40. The number of alkyl halides is 1. The smallest absolute Gasteiger partial charge is 0.234 e. The molecule has 1 atom stereocenters. The van der Waals surface area contributed by atoms with Crippen molar-refractivity contribution < 1.29 is 9.18 Å². The van der Waals surface area contributed by atoms with Crippen molar-refractivity contribution in [3.8, 4) is 0 Å². The molecule has 1 heterocycles. The zero-order valence-corrected chi connectivity index (χ0v) is 7.13. The fourth-order valence-corrected chi connectivity index (χ4v) is 1.69. The third-order valence-corrected chi connectivity index (χ3v) is 2.31. The zero-order valence-electron chi connectivity index (χ0n) is 7.13. The van der Waals surface area contributed by atoms with Crippen LogP contribution in [0.1, 0.15) is 19.3 Å². The van der Waals surface area contributed by atoms with Crippen molar-refractivity contribution in [1.29, 1.82) is 0 Å². The second-order valence-corrected chi connectivity index (χ2v) is 3.14. The molecule has 0 saturated carbocycles. The number of amides is 1. The minimum atomic E-state index is -0.399. The lowest BCUT2D eigenvalue weighted by molar-refractivity contribution is -0.124. The minimum Gasteiger partial charge on any atom is -0.368 e. The molecular formula is C8H15FN2O. The fraction of sp³-hybridized carbons (Fsp3) is 0.875. The summed E-state index contributed by atoms with van der Waals surface area (Å²) in [6.07, 6.45) is 2.86. The number of primary amides is 1. The Morgan fingerprint density at radius 2 is 2.33 bits per heavy atom. The highest BCUT2D eigenvalue weighted by atomic mass is 19.1. The highest BCUT2D eigenvalue weighted by molar-refractivity contribution is 5.79. The van der Waals surface area contributed by atoms with Gasteiger partial charge in [0, 0.05) is 6.54 Å². The van der Waals surface area contributed by atoms with Crippen LogP contribution in [0.5, 0.6) is 0 Å². The normalized spacial score (nSPS) is 25.6. The Morgan fingerprint density at radius 1 is 1.58 bits per heavy atom. The number of nitrogens with two attached hydrogens (primary N) is 1. The predicted molar refractivity (Wildman–Crippen MR) is 44.4 cm³/mol. The van der Waals surface area contributed by atoms with Crippen molar-refractivity contribution in [1.82, 2.24) is 4.90 Å². The van der Waals surface area contributed by atoms with Gasteiger partial charge < -0.3 is 5.73 Å². The summed E-state index contributed by atoms with van der Waals surface area (Å²) in [4.78, 5) is 12.7. The van der Waals surface area contributed by atoms with Crippen LogP contribution in [0.4, 0.5) is 4.39 Å². The fourth-order valence-electron chi connectivity index (χ4n) is 1.69. The van der Waals surface area contributed by atoms with Gasteiger partial charge in [-0.2, -0.15) is 0 Å². The van der Waals surface area contributed by atoms with Crippen LogP contribution in [-0.2, 0) is 4.79 Å². The summed E-state index contributed by atoms with van der Waals surface area (Å²) in [5.74, 6) is -0.317. The molecule has 0 aromatic heterocycles. The van der Waals surface area contributed by atoms with Gasteiger partial charge in [-0.1, -0.05) is 6.42 Å².